The molecule has 0 radical (unpaired) electrons. The lowest BCUT2D eigenvalue weighted by Crippen LogP contribution is -2.25. The molecule has 2 unspecified atom stereocenters. The van der Waals surface area contributed by atoms with Crippen molar-refractivity contribution in [2.75, 3.05) is 0 Å². The van der Waals surface area contributed by atoms with E-state index in [9.17, 15) is 0 Å². The highest BCUT2D eigenvalue weighted by atomic mass is 35.5. The maximum atomic E-state index is 5.49. The molecule has 0 aliphatic carbocycles. The molecule has 0 saturated heterocycles. The zero-order valence-corrected chi connectivity index (χ0v) is 6.74. The van der Waals surface area contributed by atoms with Gasteiger partial charge in [-0.1, -0.05) is 26.2 Å². The highest BCUT2D eigenvalue weighted by Gasteiger charge is 2.04. The van der Waals surface area contributed by atoms with Crippen LogP contribution in [0.2, 0.25) is 0 Å². The summed E-state index contributed by atoms with van der Waals surface area (Å²) in [5.74, 6) is 2.95. The minimum Gasteiger partial charge on any atom is -0.317 e. The van der Waals surface area contributed by atoms with Crippen LogP contribution in [0, 0.1) is 18.3 Å². The molecule has 2 N–H and O–H groups in total. The van der Waals surface area contributed by atoms with Crippen molar-refractivity contribution in [3.05, 3.63) is 0 Å². The number of hydrogen-bond acceptors (Lipinski definition) is 1. The Hall–Kier alpha value is -0.190. The average Bonchev–Trinajstić information content (AvgIpc) is 1.84. The Morgan fingerprint density at radius 3 is 2.22 bits per heavy atom. The van der Waals surface area contributed by atoms with Crippen LogP contribution in [0.5, 0.6) is 0 Å². The van der Waals surface area contributed by atoms with Crippen LogP contribution in [0.3, 0.4) is 0 Å². The summed E-state index contributed by atoms with van der Waals surface area (Å²) in [5, 5.41) is 0. The van der Waals surface area contributed by atoms with Crippen LogP contribution in [0.4, 0.5) is 0 Å². The maximum absolute atomic E-state index is 5.49. The molecule has 0 aromatic heterocycles. The van der Waals surface area contributed by atoms with Gasteiger partial charge in [-0.15, -0.1) is 18.8 Å². The summed E-state index contributed by atoms with van der Waals surface area (Å²) in [6, 6.07) is -0.0556. The van der Waals surface area contributed by atoms with E-state index >= 15 is 0 Å². The van der Waals surface area contributed by atoms with E-state index in [1.54, 1.807) is 0 Å². The molecule has 0 bridgehead atoms. The lowest BCUT2D eigenvalue weighted by Gasteiger charge is -2.10. The number of hydrogen-bond donors (Lipinski definition) is 1. The molecule has 0 saturated carbocycles. The van der Waals surface area contributed by atoms with Crippen LogP contribution < -0.4 is 5.73 Å². The molecule has 0 aliphatic rings. The van der Waals surface area contributed by atoms with E-state index in [-0.39, 0.29) is 18.4 Å². The lowest BCUT2D eigenvalue weighted by atomic mass is 10.0. The third-order valence-corrected chi connectivity index (χ3v) is 1.45. The molecule has 2 atom stereocenters. The number of rotatable bonds is 2. The second-order valence-electron chi connectivity index (χ2n) is 2.08. The van der Waals surface area contributed by atoms with Crippen molar-refractivity contribution in [2.24, 2.45) is 11.7 Å². The van der Waals surface area contributed by atoms with Crippen molar-refractivity contribution >= 4 is 12.4 Å². The van der Waals surface area contributed by atoms with Crippen LogP contribution in [0.15, 0.2) is 0 Å². The van der Waals surface area contributed by atoms with Gasteiger partial charge in [-0.2, -0.15) is 0 Å². The van der Waals surface area contributed by atoms with E-state index in [0.29, 0.717) is 5.92 Å². The van der Waals surface area contributed by atoms with Crippen LogP contribution >= 0.6 is 12.4 Å². The van der Waals surface area contributed by atoms with Crippen LogP contribution in [0.25, 0.3) is 0 Å². The van der Waals surface area contributed by atoms with Gasteiger partial charge in [-0.3, -0.25) is 0 Å². The predicted molar refractivity (Wildman–Crippen MR) is 43.5 cm³/mol. The molecule has 0 spiro atoms. The molecule has 1 nitrogen and oxygen atoms in total. The Labute approximate surface area is 63.4 Å². The molecule has 0 heterocycles. The minimum absolute atomic E-state index is 0. The van der Waals surface area contributed by atoms with Crippen molar-refractivity contribution in [3.63, 3.8) is 0 Å². The Morgan fingerprint density at radius 1 is 1.67 bits per heavy atom. The summed E-state index contributed by atoms with van der Waals surface area (Å²) in [6.07, 6.45) is 6.13. The summed E-state index contributed by atoms with van der Waals surface area (Å²) in [5.41, 5.74) is 5.49. The van der Waals surface area contributed by atoms with Gasteiger partial charge in [0.1, 0.15) is 0 Å². The lowest BCUT2D eigenvalue weighted by molar-refractivity contribution is 0.514. The van der Waals surface area contributed by atoms with E-state index in [2.05, 4.69) is 19.8 Å². The van der Waals surface area contributed by atoms with Gasteiger partial charge >= 0.3 is 0 Å². The molecule has 54 valence electrons. The molecule has 0 amide bonds. The van der Waals surface area contributed by atoms with Crippen LogP contribution in [-0.2, 0) is 0 Å². The quantitative estimate of drug-likeness (QED) is 0.588. The highest BCUT2D eigenvalue weighted by molar-refractivity contribution is 5.85. The fourth-order valence-corrected chi connectivity index (χ4v) is 0.418. The van der Waals surface area contributed by atoms with Gasteiger partial charge < -0.3 is 5.73 Å². The summed E-state index contributed by atoms with van der Waals surface area (Å²) in [7, 11) is 0. The Bertz CT molecular complexity index is 95.6. The minimum atomic E-state index is -0.0556. The van der Waals surface area contributed by atoms with Crippen molar-refractivity contribution in [2.45, 2.75) is 26.3 Å². The molecular formula is C7H14ClN. The predicted octanol–water partition coefficient (Wildman–Crippen LogP) is 1.41. The van der Waals surface area contributed by atoms with Crippen molar-refractivity contribution in [3.8, 4) is 12.3 Å². The van der Waals surface area contributed by atoms with Gasteiger partial charge in [-0.25, -0.2) is 0 Å². The van der Waals surface area contributed by atoms with Crippen molar-refractivity contribution in [1.82, 2.24) is 0 Å². The molecule has 0 aliphatic heterocycles. The SMILES string of the molecule is C#CC(N)C(C)CC.Cl. The fraction of sp³-hybridized carbons (Fsp3) is 0.714. The fourth-order valence-electron chi connectivity index (χ4n) is 0.418. The largest absolute Gasteiger partial charge is 0.317 e. The number of nitrogens with two attached hydrogens (primary N) is 1. The molecular weight excluding hydrogens is 134 g/mol. The number of halogens is 1. The standard InChI is InChI=1S/C7H13N.ClH/c1-4-6(3)7(8)5-2;/h2,6-7H,4,8H2,1,3H3;1H. The highest BCUT2D eigenvalue weighted by Crippen LogP contribution is 2.02. The van der Waals surface area contributed by atoms with Crippen LogP contribution in [0.1, 0.15) is 20.3 Å². The van der Waals surface area contributed by atoms with E-state index < -0.39 is 0 Å². The maximum Gasteiger partial charge on any atom is 0.0687 e. The smallest absolute Gasteiger partial charge is 0.0687 e. The summed E-state index contributed by atoms with van der Waals surface area (Å²) in [6.45, 7) is 4.15. The first kappa shape index (κ1) is 11.6. The molecule has 0 rings (SSSR count). The average molecular weight is 148 g/mol. The van der Waals surface area contributed by atoms with Gasteiger partial charge in [0.25, 0.3) is 0 Å². The summed E-state index contributed by atoms with van der Waals surface area (Å²) >= 11 is 0. The Balaban J connectivity index is 0. The summed E-state index contributed by atoms with van der Waals surface area (Å²) < 4.78 is 0. The zero-order chi connectivity index (χ0) is 6.57. The van der Waals surface area contributed by atoms with Gasteiger partial charge in [0, 0.05) is 0 Å². The van der Waals surface area contributed by atoms with E-state index in [0.717, 1.165) is 6.42 Å². The topological polar surface area (TPSA) is 26.0 Å². The second-order valence-corrected chi connectivity index (χ2v) is 2.08. The Kier molecular flexibility index (Phi) is 7.65. The van der Waals surface area contributed by atoms with Crippen molar-refractivity contribution in [1.29, 1.82) is 0 Å². The van der Waals surface area contributed by atoms with E-state index in [1.165, 1.54) is 0 Å². The van der Waals surface area contributed by atoms with Gasteiger partial charge in [0.05, 0.1) is 6.04 Å². The first-order valence-electron chi connectivity index (χ1n) is 2.94. The monoisotopic (exact) mass is 147 g/mol. The second kappa shape index (κ2) is 5.94. The number of terminal acetylenes is 1. The molecule has 2 heteroatoms. The molecule has 0 aromatic rings. The van der Waals surface area contributed by atoms with E-state index in [1.807, 2.05) is 0 Å². The Morgan fingerprint density at radius 2 is 2.11 bits per heavy atom. The van der Waals surface area contributed by atoms with Crippen LogP contribution in [-0.4, -0.2) is 6.04 Å². The molecule has 0 aromatic carbocycles. The van der Waals surface area contributed by atoms with Gasteiger partial charge in [0.2, 0.25) is 0 Å². The van der Waals surface area contributed by atoms with Gasteiger partial charge in [-0.05, 0) is 5.92 Å². The zero-order valence-electron chi connectivity index (χ0n) is 5.92. The molecule has 9 heavy (non-hydrogen) atoms. The van der Waals surface area contributed by atoms with Crippen molar-refractivity contribution < 1.29 is 0 Å². The normalized spacial score (nSPS) is 14.9. The first-order chi connectivity index (χ1) is 3.72. The third kappa shape index (κ3) is 4.32. The molecule has 0 fully saturated rings. The van der Waals surface area contributed by atoms with E-state index in [4.69, 9.17) is 12.2 Å². The summed E-state index contributed by atoms with van der Waals surface area (Å²) in [4.78, 5) is 0. The first-order valence-corrected chi connectivity index (χ1v) is 2.94. The third-order valence-electron chi connectivity index (χ3n) is 1.45. The van der Waals surface area contributed by atoms with Gasteiger partial charge in [0.15, 0.2) is 0 Å².